The molecule has 0 radical (unpaired) electrons. The van der Waals surface area contributed by atoms with E-state index in [0.717, 1.165) is 17.0 Å². The third kappa shape index (κ3) is 3.63. The predicted molar refractivity (Wildman–Crippen MR) is 87.6 cm³/mol. The molecule has 0 aliphatic heterocycles. The molecule has 1 fully saturated rings. The van der Waals surface area contributed by atoms with Crippen LogP contribution in [0.2, 0.25) is 5.02 Å². The maximum atomic E-state index is 12.7. The van der Waals surface area contributed by atoms with Crippen LogP contribution in [0.4, 0.5) is 0 Å². The normalized spacial score (nSPS) is 27.2. The molecule has 1 aromatic carbocycles. The van der Waals surface area contributed by atoms with Gasteiger partial charge in [0.15, 0.2) is 0 Å². The summed E-state index contributed by atoms with van der Waals surface area (Å²) >= 11 is 5.89. The highest BCUT2D eigenvalue weighted by molar-refractivity contribution is 7.84. The van der Waals surface area contributed by atoms with E-state index in [0.29, 0.717) is 11.8 Å². The first kappa shape index (κ1) is 16.0. The number of benzene rings is 1. The number of hydrogen-bond donors (Lipinski definition) is 1. The first-order chi connectivity index (χ1) is 9.44. The Morgan fingerprint density at radius 3 is 2.60 bits per heavy atom. The van der Waals surface area contributed by atoms with Gasteiger partial charge in [-0.15, -0.1) is 0 Å². The van der Waals surface area contributed by atoms with Gasteiger partial charge in [0.1, 0.15) is 0 Å². The van der Waals surface area contributed by atoms with Crippen LogP contribution in [0.15, 0.2) is 24.3 Å². The summed E-state index contributed by atoms with van der Waals surface area (Å²) in [6, 6.07) is 8.01. The highest BCUT2D eigenvalue weighted by atomic mass is 35.5. The largest absolute Gasteiger partial charge is 0.315 e. The first-order valence-corrected chi connectivity index (χ1v) is 8.99. The molecule has 3 atom stereocenters. The summed E-state index contributed by atoms with van der Waals surface area (Å²) in [6.45, 7) is 4.56. The van der Waals surface area contributed by atoms with Crippen molar-refractivity contribution in [2.24, 2.45) is 5.41 Å². The molecule has 0 saturated heterocycles. The summed E-state index contributed by atoms with van der Waals surface area (Å²) in [5, 5.41) is 4.37. The monoisotopic (exact) mass is 313 g/mol. The zero-order valence-corrected chi connectivity index (χ0v) is 14.1. The minimum Gasteiger partial charge on any atom is -0.315 e. The van der Waals surface area contributed by atoms with Crippen LogP contribution < -0.4 is 5.32 Å². The lowest BCUT2D eigenvalue weighted by atomic mass is 9.73. The van der Waals surface area contributed by atoms with Crippen LogP contribution in [0.3, 0.4) is 0 Å². The van der Waals surface area contributed by atoms with E-state index in [1.54, 1.807) is 0 Å². The first-order valence-electron chi connectivity index (χ1n) is 7.23. The smallest absolute Gasteiger partial charge is 0.0509 e. The Hall–Kier alpha value is -0.380. The van der Waals surface area contributed by atoms with Gasteiger partial charge < -0.3 is 5.32 Å². The summed E-state index contributed by atoms with van der Waals surface area (Å²) in [6.07, 6.45) is 3.42. The minimum atomic E-state index is -0.846. The number of rotatable bonds is 4. The Balaban J connectivity index is 2.09. The van der Waals surface area contributed by atoms with Gasteiger partial charge in [-0.1, -0.05) is 44.0 Å². The highest BCUT2D eigenvalue weighted by Gasteiger charge is 2.40. The van der Waals surface area contributed by atoms with Crippen molar-refractivity contribution < 1.29 is 4.21 Å². The van der Waals surface area contributed by atoms with Gasteiger partial charge in [0.25, 0.3) is 0 Å². The van der Waals surface area contributed by atoms with Crippen molar-refractivity contribution in [3.05, 3.63) is 34.9 Å². The summed E-state index contributed by atoms with van der Waals surface area (Å²) in [5.74, 6) is 0.621. The molecule has 0 bridgehead atoms. The Morgan fingerprint density at radius 1 is 1.35 bits per heavy atom. The average molecular weight is 314 g/mol. The van der Waals surface area contributed by atoms with Crippen LogP contribution in [-0.2, 0) is 16.6 Å². The highest BCUT2D eigenvalue weighted by Crippen LogP contribution is 2.38. The Bertz CT molecular complexity index is 472. The SMILES string of the molecule is CNC1C(S(=O)Cc2ccc(Cl)cc2)CCCC1(C)C. The summed E-state index contributed by atoms with van der Waals surface area (Å²) in [4.78, 5) is 0. The number of hydrogen-bond acceptors (Lipinski definition) is 2. The molecule has 0 aromatic heterocycles. The third-order valence-electron chi connectivity index (χ3n) is 4.39. The number of nitrogens with one attached hydrogen (secondary N) is 1. The molecule has 1 saturated carbocycles. The molecule has 3 unspecified atom stereocenters. The van der Waals surface area contributed by atoms with Crippen molar-refractivity contribution in [2.45, 2.75) is 50.2 Å². The van der Waals surface area contributed by atoms with Gasteiger partial charge in [-0.25, -0.2) is 0 Å². The van der Waals surface area contributed by atoms with E-state index in [2.05, 4.69) is 19.2 Å². The van der Waals surface area contributed by atoms with Crippen LogP contribution in [-0.4, -0.2) is 22.5 Å². The van der Waals surface area contributed by atoms with E-state index in [-0.39, 0.29) is 10.7 Å². The maximum Gasteiger partial charge on any atom is 0.0509 e. The molecular formula is C16H24ClNOS. The van der Waals surface area contributed by atoms with Crippen molar-refractivity contribution >= 4 is 22.4 Å². The van der Waals surface area contributed by atoms with Crippen molar-refractivity contribution in [1.82, 2.24) is 5.32 Å². The summed E-state index contributed by atoms with van der Waals surface area (Å²) < 4.78 is 12.7. The maximum absolute atomic E-state index is 12.7. The molecular weight excluding hydrogens is 290 g/mol. The van der Waals surface area contributed by atoms with Crippen LogP contribution in [0, 0.1) is 5.41 Å². The second-order valence-electron chi connectivity index (χ2n) is 6.34. The average Bonchev–Trinajstić information content (AvgIpc) is 2.40. The van der Waals surface area contributed by atoms with E-state index in [1.807, 2.05) is 31.3 Å². The van der Waals surface area contributed by atoms with Gasteiger partial charge in [0.2, 0.25) is 0 Å². The van der Waals surface area contributed by atoms with Crippen LogP contribution >= 0.6 is 11.6 Å². The van der Waals surface area contributed by atoms with Gasteiger partial charge in [-0.3, -0.25) is 4.21 Å². The molecule has 1 aliphatic carbocycles. The lowest BCUT2D eigenvalue weighted by molar-refractivity contribution is 0.180. The Morgan fingerprint density at radius 2 is 2.00 bits per heavy atom. The standard InChI is InChI=1S/C16H24ClNOS/c1-16(2)10-4-5-14(15(16)18-3)20(19)11-12-6-8-13(17)9-7-12/h6-9,14-15,18H,4-5,10-11H2,1-3H3. The zero-order valence-electron chi connectivity index (χ0n) is 12.5. The van der Waals surface area contributed by atoms with E-state index < -0.39 is 10.8 Å². The van der Waals surface area contributed by atoms with Gasteiger partial charge in [0.05, 0.1) is 5.25 Å². The lowest BCUT2D eigenvalue weighted by Crippen LogP contribution is -2.52. The van der Waals surface area contributed by atoms with Crippen LogP contribution in [0.25, 0.3) is 0 Å². The van der Waals surface area contributed by atoms with E-state index in [9.17, 15) is 4.21 Å². The topological polar surface area (TPSA) is 29.1 Å². The molecule has 1 aliphatic rings. The fourth-order valence-electron chi connectivity index (χ4n) is 3.30. The van der Waals surface area contributed by atoms with Crippen LogP contribution in [0.5, 0.6) is 0 Å². The van der Waals surface area contributed by atoms with Crippen LogP contribution in [0.1, 0.15) is 38.7 Å². The molecule has 1 N–H and O–H groups in total. The van der Waals surface area contributed by atoms with E-state index >= 15 is 0 Å². The van der Waals surface area contributed by atoms with Gasteiger partial charge >= 0.3 is 0 Å². The molecule has 20 heavy (non-hydrogen) atoms. The van der Waals surface area contributed by atoms with Crippen molar-refractivity contribution in [3.8, 4) is 0 Å². The van der Waals surface area contributed by atoms with E-state index in [4.69, 9.17) is 11.6 Å². The van der Waals surface area contributed by atoms with Gasteiger partial charge in [-0.05, 0) is 43.0 Å². The Kier molecular flexibility index (Phi) is 5.27. The predicted octanol–water partition coefficient (Wildman–Crippen LogP) is 3.76. The second-order valence-corrected chi connectivity index (χ2v) is 8.43. The Labute approximate surface area is 129 Å². The molecule has 0 amide bonds. The third-order valence-corrected chi connectivity index (χ3v) is 6.45. The van der Waals surface area contributed by atoms with Gasteiger partial charge in [0, 0.05) is 27.6 Å². The van der Waals surface area contributed by atoms with Crippen molar-refractivity contribution in [1.29, 1.82) is 0 Å². The minimum absolute atomic E-state index is 0.216. The second kappa shape index (κ2) is 6.59. The molecule has 112 valence electrons. The molecule has 2 rings (SSSR count). The fourth-order valence-corrected chi connectivity index (χ4v) is 5.39. The summed E-state index contributed by atoms with van der Waals surface area (Å²) in [5.41, 5.74) is 1.32. The zero-order chi connectivity index (χ0) is 14.8. The van der Waals surface area contributed by atoms with Gasteiger partial charge in [-0.2, -0.15) is 0 Å². The lowest BCUT2D eigenvalue weighted by Gasteiger charge is -2.43. The molecule has 4 heteroatoms. The molecule has 0 heterocycles. The van der Waals surface area contributed by atoms with E-state index in [1.165, 1.54) is 12.8 Å². The molecule has 0 spiro atoms. The summed E-state index contributed by atoms with van der Waals surface area (Å²) in [7, 11) is 1.14. The van der Waals surface area contributed by atoms with Crippen molar-refractivity contribution in [2.75, 3.05) is 7.05 Å². The quantitative estimate of drug-likeness (QED) is 0.917. The molecule has 1 aromatic rings. The molecule has 2 nitrogen and oxygen atoms in total. The van der Waals surface area contributed by atoms with Crippen molar-refractivity contribution in [3.63, 3.8) is 0 Å². The fraction of sp³-hybridized carbons (Fsp3) is 0.625. The number of halogens is 1.